The van der Waals surface area contributed by atoms with E-state index in [-0.39, 0.29) is 18.0 Å². The van der Waals surface area contributed by atoms with Crippen molar-refractivity contribution in [1.82, 2.24) is 14.5 Å². The summed E-state index contributed by atoms with van der Waals surface area (Å²) >= 11 is 4.85. The first kappa shape index (κ1) is 18.7. The number of rotatable bonds is 6. The molecule has 1 aromatic carbocycles. The highest BCUT2D eigenvalue weighted by Gasteiger charge is 2.13. The van der Waals surface area contributed by atoms with Crippen LogP contribution < -0.4 is 10.9 Å². The molecule has 0 saturated heterocycles. The number of carbonyl (C=O) groups is 1. The predicted octanol–water partition coefficient (Wildman–Crippen LogP) is 3.77. The van der Waals surface area contributed by atoms with Gasteiger partial charge in [0.05, 0.1) is 22.9 Å². The van der Waals surface area contributed by atoms with Crippen LogP contribution in [0.2, 0.25) is 0 Å². The van der Waals surface area contributed by atoms with Gasteiger partial charge in [0.1, 0.15) is 6.54 Å². The lowest BCUT2D eigenvalue weighted by Gasteiger charge is -2.06. The summed E-state index contributed by atoms with van der Waals surface area (Å²) in [5, 5.41) is 3.86. The van der Waals surface area contributed by atoms with E-state index < -0.39 is 0 Å². The molecule has 3 rings (SSSR count). The molecule has 0 fully saturated rings. The minimum atomic E-state index is -0.289. The fourth-order valence-electron chi connectivity index (χ4n) is 2.70. The van der Waals surface area contributed by atoms with Crippen LogP contribution in [0.5, 0.6) is 0 Å². The van der Waals surface area contributed by atoms with Crippen LogP contribution in [0.4, 0.5) is 5.13 Å². The molecule has 0 aliphatic heterocycles. The highest BCUT2D eigenvalue weighted by atomic mass is 79.9. The van der Waals surface area contributed by atoms with Crippen LogP contribution in [0.15, 0.2) is 33.8 Å². The van der Waals surface area contributed by atoms with E-state index in [1.165, 1.54) is 27.1 Å². The lowest BCUT2D eigenvalue weighted by Crippen LogP contribution is -2.27. The van der Waals surface area contributed by atoms with Crippen LogP contribution in [0, 0.1) is 0 Å². The van der Waals surface area contributed by atoms with E-state index in [4.69, 9.17) is 0 Å². The highest BCUT2D eigenvalue weighted by Crippen LogP contribution is 2.24. The van der Waals surface area contributed by atoms with E-state index in [0.717, 1.165) is 29.4 Å². The van der Waals surface area contributed by atoms with Gasteiger partial charge in [-0.15, -0.1) is 11.3 Å². The number of nitrogens with one attached hydrogen (secondary N) is 1. The van der Waals surface area contributed by atoms with Gasteiger partial charge in [-0.1, -0.05) is 36.2 Å². The molecule has 0 aliphatic rings. The second-order valence-electron chi connectivity index (χ2n) is 5.88. The quantitative estimate of drug-likeness (QED) is 0.640. The first-order valence-corrected chi connectivity index (χ1v) is 10.1. The Morgan fingerprint density at radius 2 is 2.15 bits per heavy atom. The maximum atomic E-state index is 12.6. The third-order valence-electron chi connectivity index (χ3n) is 3.93. The molecule has 2 aromatic heterocycles. The van der Waals surface area contributed by atoms with Crippen LogP contribution >= 0.6 is 27.3 Å². The van der Waals surface area contributed by atoms with Gasteiger partial charge in [-0.05, 0) is 31.0 Å². The molecule has 3 aromatic rings. The molecule has 1 N–H and O–H groups in total. The van der Waals surface area contributed by atoms with Gasteiger partial charge in [0.2, 0.25) is 5.91 Å². The lowest BCUT2D eigenvalue weighted by molar-refractivity contribution is -0.116. The number of aryl methyl sites for hydroxylation is 2. The van der Waals surface area contributed by atoms with E-state index >= 15 is 0 Å². The van der Waals surface area contributed by atoms with Crippen molar-refractivity contribution in [2.75, 3.05) is 5.32 Å². The van der Waals surface area contributed by atoms with Crippen molar-refractivity contribution in [2.24, 2.45) is 0 Å². The van der Waals surface area contributed by atoms with Crippen LogP contribution in [0.3, 0.4) is 0 Å². The maximum Gasteiger partial charge on any atom is 0.261 e. The summed E-state index contributed by atoms with van der Waals surface area (Å²) in [5.41, 5.74) is 1.41. The summed E-state index contributed by atoms with van der Waals surface area (Å²) in [6.07, 6.45) is 4.21. The van der Waals surface area contributed by atoms with Crippen molar-refractivity contribution in [3.8, 4) is 0 Å². The third kappa shape index (κ3) is 4.02. The van der Waals surface area contributed by atoms with Gasteiger partial charge in [-0.3, -0.25) is 14.2 Å². The third-order valence-corrected chi connectivity index (χ3v) is 5.58. The largest absolute Gasteiger partial charge is 0.300 e. The molecule has 0 atom stereocenters. The zero-order valence-electron chi connectivity index (χ0n) is 14.6. The van der Waals surface area contributed by atoms with E-state index in [9.17, 15) is 9.59 Å². The van der Waals surface area contributed by atoms with Crippen molar-refractivity contribution >= 4 is 49.2 Å². The van der Waals surface area contributed by atoms with Crippen LogP contribution in [-0.2, 0) is 24.2 Å². The Balaban J connectivity index is 1.79. The number of hydrogen-bond donors (Lipinski definition) is 1. The number of amides is 1. The van der Waals surface area contributed by atoms with Gasteiger partial charge >= 0.3 is 0 Å². The number of anilines is 1. The summed E-state index contributed by atoms with van der Waals surface area (Å²) in [6.45, 7) is 4.09. The summed E-state index contributed by atoms with van der Waals surface area (Å²) in [7, 11) is 0. The summed E-state index contributed by atoms with van der Waals surface area (Å²) in [5.74, 6) is -0.289. The van der Waals surface area contributed by atoms with Crippen LogP contribution in [0.25, 0.3) is 10.9 Å². The molecule has 2 heterocycles. The Kier molecular flexibility index (Phi) is 5.83. The molecule has 6 nitrogen and oxygen atoms in total. The molecule has 0 aliphatic carbocycles. The fourth-order valence-corrected chi connectivity index (χ4v) is 4.03. The Bertz CT molecular complexity index is 1010. The molecule has 136 valence electrons. The molecular formula is C18H19BrN4O2S. The molecule has 0 radical (unpaired) electrons. The second-order valence-corrected chi connectivity index (χ2v) is 7.88. The lowest BCUT2D eigenvalue weighted by atomic mass is 10.2. The Morgan fingerprint density at radius 3 is 2.88 bits per heavy atom. The van der Waals surface area contributed by atoms with Gasteiger partial charge in [0, 0.05) is 9.35 Å². The predicted molar refractivity (Wildman–Crippen MR) is 108 cm³/mol. The Labute approximate surface area is 163 Å². The number of thiazole rings is 1. The van der Waals surface area contributed by atoms with E-state index in [2.05, 4.69) is 45.1 Å². The summed E-state index contributed by atoms with van der Waals surface area (Å²) in [4.78, 5) is 34.9. The molecule has 0 unspecified atom stereocenters. The molecule has 1 amide bonds. The van der Waals surface area contributed by atoms with Gasteiger partial charge in [0.25, 0.3) is 5.56 Å². The normalized spacial score (nSPS) is 11.0. The van der Waals surface area contributed by atoms with E-state index in [1.807, 2.05) is 6.07 Å². The number of benzene rings is 1. The van der Waals surface area contributed by atoms with Crippen LogP contribution in [0.1, 0.15) is 30.8 Å². The molecule has 0 saturated carbocycles. The number of halogens is 1. The van der Waals surface area contributed by atoms with Crippen molar-refractivity contribution in [2.45, 2.75) is 39.7 Å². The first-order valence-electron chi connectivity index (χ1n) is 8.45. The van der Waals surface area contributed by atoms with Crippen molar-refractivity contribution in [1.29, 1.82) is 0 Å². The minimum absolute atomic E-state index is 0.0988. The van der Waals surface area contributed by atoms with Crippen molar-refractivity contribution in [3.63, 3.8) is 0 Å². The fraction of sp³-hybridized carbons (Fsp3) is 0.333. The van der Waals surface area contributed by atoms with Crippen LogP contribution in [-0.4, -0.2) is 20.4 Å². The van der Waals surface area contributed by atoms with Gasteiger partial charge in [-0.25, -0.2) is 9.97 Å². The average molecular weight is 435 g/mol. The van der Waals surface area contributed by atoms with Crippen molar-refractivity contribution in [3.05, 3.63) is 49.9 Å². The van der Waals surface area contributed by atoms with Gasteiger partial charge < -0.3 is 5.32 Å². The van der Waals surface area contributed by atoms with E-state index in [1.54, 1.807) is 12.1 Å². The number of nitrogens with zero attached hydrogens (tertiary/aromatic N) is 3. The highest BCUT2D eigenvalue weighted by molar-refractivity contribution is 9.10. The summed E-state index contributed by atoms with van der Waals surface area (Å²) < 4.78 is 2.11. The number of fused-ring (bicyclic) bond motifs is 1. The topological polar surface area (TPSA) is 76.9 Å². The number of aromatic nitrogens is 3. The smallest absolute Gasteiger partial charge is 0.261 e. The molecule has 26 heavy (non-hydrogen) atoms. The molecule has 0 bridgehead atoms. The van der Waals surface area contributed by atoms with Gasteiger partial charge in [0.15, 0.2) is 5.13 Å². The minimum Gasteiger partial charge on any atom is -0.300 e. The first-order chi connectivity index (χ1) is 12.5. The SMILES string of the molecule is CCCc1nc(NC(=O)Cn2cnc3ccc(Br)cc3c2=O)sc1CC. The van der Waals surface area contributed by atoms with E-state index in [0.29, 0.717) is 16.0 Å². The Morgan fingerprint density at radius 1 is 1.35 bits per heavy atom. The second kappa shape index (κ2) is 8.09. The zero-order valence-corrected chi connectivity index (χ0v) is 17.0. The molecular weight excluding hydrogens is 416 g/mol. The number of carbonyl (C=O) groups excluding carboxylic acids is 1. The zero-order chi connectivity index (χ0) is 18.7. The van der Waals surface area contributed by atoms with Gasteiger partial charge in [-0.2, -0.15) is 0 Å². The molecule has 0 spiro atoms. The Hall–Kier alpha value is -2.06. The number of hydrogen-bond acceptors (Lipinski definition) is 5. The maximum absolute atomic E-state index is 12.6. The standard InChI is InChI=1S/C18H19BrN4O2S/c1-3-5-14-15(4-2)26-18(21-14)22-16(24)9-23-10-20-13-7-6-11(19)8-12(13)17(23)25/h6-8,10H,3-5,9H2,1-2H3,(H,21,22,24). The monoisotopic (exact) mass is 434 g/mol. The molecule has 8 heteroatoms. The van der Waals surface area contributed by atoms with Crippen molar-refractivity contribution < 1.29 is 4.79 Å². The average Bonchev–Trinajstić information content (AvgIpc) is 2.99. The summed E-state index contributed by atoms with van der Waals surface area (Å²) in [6, 6.07) is 5.31.